The molecule has 1 aromatic carbocycles. The molecule has 1 fully saturated rings. The molecule has 0 bridgehead atoms. The predicted molar refractivity (Wildman–Crippen MR) is 79.7 cm³/mol. The average molecular weight is 283 g/mol. The Morgan fingerprint density at radius 3 is 2.95 bits per heavy atom. The molecule has 0 aromatic heterocycles. The predicted octanol–water partition coefficient (Wildman–Crippen LogP) is 3.01. The third-order valence-electron chi connectivity index (χ3n) is 3.75. The normalized spacial score (nSPS) is 19.8. The van der Waals surface area contributed by atoms with E-state index in [9.17, 15) is 5.11 Å². The Labute approximate surface area is 120 Å². The molecule has 1 unspecified atom stereocenters. The third kappa shape index (κ3) is 3.85. The smallest absolute Gasteiger partial charge is 0.121 e. The van der Waals surface area contributed by atoms with E-state index in [2.05, 4.69) is 17.1 Å². The monoisotopic (exact) mass is 282 g/mol. The number of nitrogens with zero attached hydrogens (tertiary/aromatic N) is 1. The molecule has 4 heteroatoms. The molecule has 0 saturated carbocycles. The van der Waals surface area contributed by atoms with Crippen LogP contribution in [0.25, 0.3) is 0 Å². The molecule has 2 N–H and O–H groups in total. The molecule has 1 aliphatic rings. The summed E-state index contributed by atoms with van der Waals surface area (Å²) in [7, 11) is 0. The summed E-state index contributed by atoms with van der Waals surface area (Å²) in [6.45, 7) is 6.11. The van der Waals surface area contributed by atoms with Crippen LogP contribution in [0.3, 0.4) is 0 Å². The maximum absolute atomic E-state index is 9.98. The van der Waals surface area contributed by atoms with Gasteiger partial charge >= 0.3 is 0 Å². The number of nitrogens with one attached hydrogen (secondary N) is 1. The molecule has 3 nitrogen and oxygen atoms in total. The van der Waals surface area contributed by atoms with Crippen molar-refractivity contribution in [1.82, 2.24) is 10.2 Å². The van der Waals surface area contributed by atoms with Crippen molar-refractivity contribution in [2.45, 2.75) is 38.8 Å². The number of hydrogen-bond donors (Lipinski definition) is 2. The second-order valence-electron chi connectivity index (χ2n) is 5.21. The van der Waals surface area contributed by atoms with Crippen molar-refractivity contribution in [3.8, 4) is 5.75 Å². The van der Waals surface area contributed by atoms with Gasteiger partial charge < -0.3 is 10.4 Å². The highest BCUT2D eigenvalue weighted by Crippen LogP contribution is 2.28. The number of phenols is 1. The largest absolute Gasteiger partial charge is 0.508 e. The highest BCUT2D eigenvalue weighted by atomic mass is 35.5. The maximum Gasteiger partial charge on any atom is 0.121 e. The third-order valence-corrected chi connectivity index (χ3v) is 4.11. The van der Waals surface area contributed by atoms with E-state index >= 15 is 0 Å². The summed E-state index contributed by atoms with van der Waals surface area (Å²) < 4.78 is 0. The summed E-state index contributed by atoms with van der Waals surface area (Å²) in [5, 5.41) is 14.1. The number of phenolic OH excluding ortho intramolecular Hbond substituents is 1. The molecule has 106 valence electrons. The molecule has 0 radical (unpaired) electrons. The highest BCUT2D eigenvalue weighted by molar-refractivity contribution is 6.31. The van der Waals surface area contributed by atoms with Crippen LogP contribution < -0.4 is 5.32 Å². The van der Waals surface area contributed by atoms with Gasteiger partial charge in [0.2, 0.25) is 0 Å². The molecule has 0 amide bonds. The number of halogens is 1. The molecule has 1 atom stereocenters. The van der Waals surface area contributed by atoms with Gasteiger partial charge in [0.25, 0.3) is 0 Å². The van der Waals surface area contributed by atoms with E-state index in [1.165, 1.54) is 12.8 Å². The Kier molecular flexibility index (Phi) is 5.49. The quantitative estimate of drug-likeness (QED) is 0.871. The fraction of sp³-hybridized carbons (Fsp3) is 0.600. The Bertz CT molecular complexity index is 385. The van der Waals surface area contributed by atoms with E-state index in [1.807, 2.05) is 6.07 Å². The van der Waals surface area contributed by atoms with Gasteiger partial charge in [-0.3, -0.25) is 4.90 Å². The Balaban J connectivity index is 2.11. The molecule has 1 aromatic rings. The minimum atomic E-state index is 0.303. The van der Waals surface area contributed by atoms with Gasteiger partial charge in [-0.05, 0) is 44.5 Å². The first-order chi connectivity index (χ1) is 9.22. The topological polar surface area (TPSA) is 35.5 Å². The Morgan fingerprint density at radius 1 is 1.47 bits per heavy atom. The minimum absolute atomic E-state index is 0.303. The lowest BCUT2D eigenvalue weighted by Crippen LogP contribution is -2.45. The zero-order valence-corrected chi connectivity index (χ0v) is 12.3. The first kappa shape index (κ1) is 14.6. The second kappa shape index (κ2) is 7.13. The molecule has 1 saturated heterocycles. The van der Waals surface area contributed by atoms with E-state index in [1.54, 1.807) is 12.1 Å². The van der Waals surface area contributed by atoms with Crippen LogP contribution in [0.2, 0.25) is 5.02 Å². The van der Waals surface area contributed by atoms with Gasteiger partial charge in [-0.15, -0.1) is 0 Å². The van der Waals surface area contributed by atoms with Gasteiger partial charge in [-0.25, -0.2) is 0 Å². The molecular formula is C15H23ClN2O. The Morgan fingerprint density at radius 2 is 2.32 bits per heavy atom. The van der Waals surface area contributed by atoms with Crippen molar-refractivity contribution in [2.24, 2.45) is 0 Å². The van der Waals surface area contributed by atoms with Crippen molar-refractivity contribution in [3.05, 3.63) is 28.8 Å². The van der Waals surface area contributed by atoms with Crippen LogP contribution >= 0.6 is 11.6 Å². The highest BCUT2D eigenvalue weighted by Gasteiger charge is 2.22. The Hall–Kier alpha value is -0.770. The van der Waals surface area contributed by atoms with Gasteiger partial charge in [0, 0.05) is 29.7 Å². The molecular weight excluding hydrogens is 260 g/mol. The van der Waals surface area contributed by atoms with Crippen molar-refractivity contribution in [1.29, 1.82) is 0 Å². The minimum Gasteiger partial charge on any atom is -0.508 e. The van der Waals surface area contributed by atoms with Crippen LogP contribution in [0, 0.1) is 0 Å². The van der Waals surface area contributed by atoms with Crippen molar-refractivity contribution in [3.63, 3.8) is 0 Å². The van der Waals surface area contributed by atoms with Crippen molar-refractivity contribution >= 4 is 11.6 Å². The van der Waals surface area contributed by atoms with E-state index in [0.29, 0.717) is 16.8 Å². The molecule has 2 rings (SSSR count). The molecule has 19 heavy (non-hydrogen) atoms. The van der Waals surface area contributed by atoms with Gasteiger partial charge in [0.05, 0.1) is 0 Å². The summed E-state index contributed by atoms with van der Waals surface area (Å²) in [5.41, 5.74) is 0.850. The maximum atomic E-state index is 9.98. The average Bonchev–Trinajstić information content (AvgIpc) is 2.43. The van der Waals surface area contributed by atoms with Crippen LogP contribution in [0.4, 0.5) is 0 Å². The van der Waals surface area contributed by atoms with Gasteiger partial charge in [-0.1, -0.05) is 24.6 Å². The van der Waals surface area contributed by atoms with Crippen LogP contribution in [-0.2, 0) is 6.54 Å². The summed E-state index contributed by atoms with van der Waals surface area (Å²) >= 11 is 6.21. The standard InChI is InChI=1S/C15H23ClN2O/c1-2-9-18(12-5-4-8-17-10-12)11-13-14(16)6-3-7-15(13)19/h3,6-7,12,17,19H,2,4-5,8-11H2,1H3. The van der Waals surface area contributed by atoms with E-state index in [-0.39, 0.29) is 0 Å². The number of piperidine rings is 1. The van der Waals surface area contributed by atoms with Gasteiger partial charge in [0.1, 0.15) is 5.75 Å². The zero-order chi connectivity index (χ0) is 13.7. The molecule has 0 spiro atoms. The number of aromatic hydroxyl groups is 1. The first-order valence-electron chi connectivity index (χ1n) is 7.13. The van der Waals surface area contributed by atoms with E-state index in [0.717, 1.165) is 38.2 Å². The lowest BCUT2D eigenvalue weighted by atomic mass is 10.0. The van der Waals surface area contributed by atoms with Crippen molar-refractivity contribution < 1.29 is 5.11 Å². The number of benzene rings is 1. The summed E-state index contributed by atoms with van der Waals surface area (Å²) in [5.74, 6) is 0.303. The summed E-state index contributed by atoms with van der Waals surface area (Å²) in [6, 6.07) is 5.89. The SMILES string of the molecule is CCCN(Cc1c(O)cccc1Cl)C1CCCNC1. The summed E-state index contributed by atoms with van der Waals surface area (Å²) in [6.07, 6.45) is 3.55. The first-order valence-corrected chi connectivity index (χ1v) is 7.51. The van der Waals surface area contributed by atoms with Crippen LogP contribution in [0.15, 0.2) is 18.2 Å². The molecule has 1 aliphatic heterocycles. The lowest BCUT2D eigenvalue weighted by molar-refractivity contribution is 0.156. The van der Waals surface area contributed by atoms with Gasteiger partial charge in [0.15, 0.2) is 0 Å². The number of rotatable bonds is 5. The van der Waals surface area contributed by atoms with Crippen LogP contribution in [-0.4, -0.2) is 35.7 Å². The van der Waals surface area contributed by atoms with Crippen molar-refractivity contribution in [2.75, 3.05) is 19.6 Å². The summed E-state index contributed by atoms with van der Waals surface area (Å²) in [4.78, 5) is 2.44. The van der Waals surface area contributed by atoms with Gasteiger partial charge in [-0.2, -0.15) is 0 Å². The van der Waals surface area contributed by atoms with Crippen LogP contribution in [0.5, 0.6) is 5.75 Å². The molecule has 0 aliphatic carbocycles. The zero-order valence-electron chi connectivity index (χ0n) is 11.5. The van der Waals surface area contributed by atoms with E-state index < -0.39 is 0 Å². The van der Waals surface area contributed by atoms with Crippen LogP contribution in [0.1, 0.15) is 31.7 Å². The fourth-order valence-electron chi connectivity index (χ4n) is 2.73. The fourth-order valence-corrected chi connectivity index (χ4v) is 2.96. The second-order valence-corrected chi connectivity index (χ2v) is 5.62. The van der Waals surface area contributed by atoms with E-state index in [4.69, 9.17) is 11.6 Å². The lowest BCUT2D eigenvalue weighted by Gasteiger charge is -2.34. The number of hydrogen-bond acceptors (Lipinski definition) is 3. The molecule has 1 heterocycles.